The third-order valence-electron chi connectivity index (χ3n) is 4.02. The number of hydrogen-bond donors (Lipinski definition) is 0. The van der Waals surface area contributed by atoms with Crippen molar-refractivity contribution in [3.05, 3.63) is 81.2 Å². The second-order valence-corrected chi connectivity index (χ2v) is 7.53. The van der Waals surface area contributed by atoms with Crippen molar-refractivity contribution in [2.24, 2.45) is 0 Å². The highest BCUT2D eigenvalue weighted by molar-refractivity contribution is 7.97. The Bertz CT molecular complexity index is 1080. The third-order valence-corrected chi connectivity index (χ3v) is 5.97. The SMILES string of the molecule is Cc1csc2nc(CSCc3cccc4ccccc34)cc(=O)n12. The average Bonchev–Trinajstić information content (AvgIpc) is 2.97. The second-order valence-electron chi connectivity index (χ2n) is 5.71. The van der Waals surface area contributed by atoms with Crippen LogP contribution in [0.25, 0.3) is 15.7 Å². The Balaban J connectivity index is 1.54. The Hall–Kier alpha value is -2.11. The summed E-state index contributed by atoms with van der Waals surface area (Å²) in [4.78, 5) is 17.6. The second kappa shape index (κ2) is 6.42. The molecule has 0 saturated carbocycles. The van der Waals surface area contributed by atoms with Gasteiger partial charge in [0.25, 0.3) is 5.56 Å². The Morgan fingerprint density at radius 3 is 2.88 bits per heavy atom. The van der Waals surface area contributed by atoms with Crippen LogP contribution in [0.15, 0.2) is 58.7 Å². The molecule has 2 heterocycles. The molecular formula is C19H16N2OS2. The molecule has 0 radical (unpaired) electrons. The van der Waals surface area contributed by atoms with Gasteiger partial charge in [-0.2, -0.15) is 11.8 Å². The van der Waals surface area contributed by atoms with E-state index in [1.165, 1.54) is 27.7 Å². The van der Waals surface area contributed by atoms with Gasteiger partial charge in [0.1, 0.15) is 0 Å². The molecule has 2 aromatic carbocycles. The molecular weight excluding hydrogens is 336 g/mol. The summed E-state index contributed by atoms with van der Waals surface area (Å²) >= 11 is 3.31. The van der Waals surface area contributed by atoms with E-state index < -0.39 is 0 Å². The number of thiazole rings is 1. The minimum atomic E-state index is 0.0134. The minimum Gasteiger partial charge on any atom is -0.269 e. The van der Waals surface area contributed by atoms with Crippen LogP contribution in [0, 0.1) is 6.92 Å². The van der Waals surface area contributed by atoms with Gasteiger partial charge in [-0.1, -0.05) is 42.5 Å². The number of hydrogen-bond acceptors (Lipinski definition) is 4. The highest BCUT2D eigenvalue weighted by Gasteiger charge is 2.07. The van der Waals surface area contributed by atoms with Crippen molar-refractivity contribution in [3.8, 4) is 0 Å². The number of fused-ring (bicyclic) bond motifs is 2. The number of benzene rings is 2. The maximum Gasteiger partial charge on any atom is 0.258 e. The molecule has 5 heteroatoms. The van der Waals surface area contributed by atoms with Gasteiger partial charge in [-0.25, -0.2) is 4.98 Å². The van der Waals surface area contributed by atoms with E-state index in [1.807, 2.05) is 12.3 Å². The first-order chi connectivity index (χ1) is 11.7. The van der Waals surface area contributed by atoms with Gasteiger partial charge in [-0.05, 0) is 23.3 Å². The lowest BCUT2D eigenvalue weighted by molar-refractivity contribution is 0.997. The first kappa shape index (κ1) is 15.4. The topological polar surface area (TPSA) is 34.4 Å². The standard InChI is InChI=1S/C19H16N2OS2/c1-13-10-24-19-20-16(9-18(22)21(13)19)12-23-11-15-7-4-6-14-5-2-3-8-17(14)15/h2-10H,11-12H2,1H3. The monoisotopic (exact) mass is 352 g/mol. The zero-order valence-corrected chi connectivity index (χ0v) is 14.9. The number of rotatable bonds is 4. The van der Waals surface area contributed by atoms with Gasteiger partial charge in [0.05, 0.1) is 5.69 Å². The van der Waals surface area contributed by atoms with E-state index in [2.05, 4.69) is 47.4 Å². The summed E-state index contributed by atoms with van der Waals surface area (Å²) in [5.74, 6) is 1.65. The largest absolute Gasteiger partial charge is 0.269 e. The van der Waals surface area contributed by atoms with Gasteiger partial charge in [-0.15, -0.1) is 11.3 Å². The molecule has 0 spiro atoms. The summed E-state index contributed by atoms with van der Waals surface area (Å²) in [6, 6.07) is 16.5. The molecule has 0 fully saturated rings. The van der Waals surface area contributed by atoms with Crippen LogP contribution in [0.3, 0.4) is 0 Å². The van der Waals surface area contributed by atoms with Crippen LogP contribution in [0.2, 0.25) is 0 Å². The van der Waals surface area contributed by atoms with E-state index in [1.54, 1.807) is 22.2 Å². The summed E-state index contributed by atoms with van der Waals surface area (Å²) in [6.07, 6.45) is 0. The maximum absolute atomic E-state index is 12.2. The molecule has 0 aliphatic rings. The summed E-state index contributed by atoms with van der Waals surface area (Å²) in [6.45, 7) is 1.93. The lowest BCUT2D eigenvalue weighted by atomic mass is 10.1. The van der Waals surface area contributed by atoms with E-state index >= 15 is 0 Å². The number of aryl methyl sites for hydroxylation is 1. The lowest BCUT2D eigenvalue weighted by Gasteiger charge is -2.06. The smallest absolute Gasteiger partial charge is 0.258 e. The minimum absolute atomic E-state index is 0.0134. The molecule has 0 aliphatic heterocycles. The normalized spacial score (nSPS) is 11.4. The molecule has 4 rings (SSSR count). The molecule has 2 aromatic heterocycles. The Labute approximate surface area is 148 Å². The van der Waals surface area contributed by atoms with Crippen molar-refractivity contribution in [3.63, 3.8) is 0 Å². The van der Waals surface area contributed by atoms with Gasteiger partial charge in [0.15, 0.2) is 4.96 Å². The maximum atomic E-state index is 12.2. The molecule has 0 amide bonds. The van der Waals surface area contributed by atoms with Crippen LogP contribution in [-0.4, -0.2) is 9.38 Å². The summed E-state index contributed by atoms with van der Waals surface area (Å²) in [5, 5.41) is 4.53. The number of aromatic nitrogens is 2. The van der Waals surface area contributed by atoms with Crippen LogP contribution in [0.4, 0.5) is 0 Å². The zero-order chi connectivity index (χ0) is 16.5. The Kier molecular flexibility index (Phi) is 4.12. The Morgan fingerprint density at radius 2 is 1.96 bits per heavy atom. The first-order valence-corrected chi connectivity index (χ1v) is 9.77. The molecule has 0 atom stereocenters. The van der Waals surface area contributed by atoms with Gasteiger partial charge in [0.2, 0.25) is 0 Å². The van der Waals surface area contributed by atoms with E-state index in [4.69, 9.17) is 0 Å². The lowest BCUT2D eigenvalue weighted by Crippen LogP contribution is -2.14. The van der Waals surface area contributed by atoms with Crippen LogP contribution in [-0.2, 0) is 11.5 Å². The zero-order valence-electron chi connectivity index (χ0n) is 13.2. The highest BCUT2D eigenvalue weighted by atomic mass is 32.2. The predicted octanol–water partition coefficient (Wildman–Crippen LogP) is 4.65. The molecule has 0 N–H and O–H groups in total. The van der Waals surface area contributed by atoms with Gasteiger partial charge < -0.3 is 0 Å². The van der Waals surface area contributed by atoms with E-state index in [0.29, 0.717) is 0 Å². The van der Waals surface area contributed by atoms with Crippen molar-refractivity contribution in [1.82, 2.24) is 9.38 Å². The molecule has 0 saturated heterocycles. The van der Waals surface area contributed by atoms with E-state index in [9.17, 15) is 4.79 Å². The fourth-order valence-corrected chi connectivity index (χ4v) is 4.68. The van der Waals surface area contributed by atoms with Crippen molar-refractivity contribution in [2.45, 2.75) is 18.4 Å². The predicted molar refractivity (Wildman–Crippen MR) is 103 cm³/mol. The van der Waals surface area contributed by atoms with E-state index in [0.717, 1.165) is 27.9 Å². The summed E-state index contributed by atoms with van der Waals surface area (Å²) in [5.41, 5.74) is 3.14. The van der Waals surface area contributed by atoms with Gasteiger partial charge in [-0.3, -0.25) is 9.20 Å². The molecule has 0 bridgehead atoms. The fraction of sp³-hybridized carbons (Fsp3) is 0.158. The van der Waals surface area contributed by atoms with Crippen LogP contribution < -0.4 is 5.56 Å². The van der Waals surface area contributed by atoms with Gasteiger partial charge >= 0.3 is 0 Å². The van der Waals surface area contributed by atoms with Crippen molar-refractivity contribution in [1.29, 1.82) is 0 Å². The highest BCUT2D eigenvalue weighted by Crippen LogP contribution is 2.24. The third kappa shape index (κ3) is 2.85. The molecule has 0 unspecified atom stereocenters. The molecule has 0 aliphatic carbocycles. The van der Waals surface area contributed by atoms with Crippen LogP contribution >= 0.6 is 23.1 Å². The van der Waals surface area contributed by atoms with Crippen molar-refractivity contribution >= 4 is 38.8 Å². The molecule has 3 nitrogen and oxygen atoms in total. The van der Waals surface area contributed by atoms with Crippen LogP contribution in [0.5, 0.6) is 0 Å². The summed E-state index contributed by atoms with van der Waals surface area (Å²) in [7, 11) is 0. The number of thioether (sulfide) groups is 1. The molecule has 4 aromatic rings. The average molecular weight is 352 g/mol. The Morgan fingerprint density at radius 1 is 1.12 bits per heavy atom. The first-order valence-electron chi connectivity index (χ1n) is 7.73. The summed E-state index contributed by atoms with van der Waals surface area (Å²) < 4.78 is 1.67. The van der Waals surface area contributed by atoms with Crippen LogP contribution in [0.1, 0.15) is 17.0 Å². The molecule has 120 valence electrons. The van der Waals surface area contributed by atoms with E-state index in [-0.39, 0.29) is 5.56 Å². The molecule has 24 heavy (non-hydrogen) atoms. The van der Waals surface area contributed by atoms with Gasteiger partial charge in [0, 0.05) is 28.6 Å². The quantitative estimate of drug-likeness (QED) is 0.536. The van der Waals surface area contributed by atoms with Crippen molar-refractivity contribution in [2.75, 3.05) is 0 Å². The van der Waals surface area contributed by atoms with Crippen molar-refractivity contribution < 1.29 is 0 Å². The fourth-order valence-electron chi connectivity index (χ4n) is 2.86. The number of nitrogens with zero attached hydrogens (tertiary/aromatic N) is 2.